The summed E-state index contributed by atoms with van der Waals surface area (Å²) in [6.45, 7) is 12.5. The maximum absolute atomic E-state index is 2.65. The van der Waals surface area contributed by atoms with Crippen LogP contribution in [0.5, 0.6) is 0 Å². The van der Waals surface area contributed by atoms with Gasteiger partial charge in [-0.2, -0.15) is 0 Å². The predicted molar refractivity (Wildman–Crippen MR) is 122 cm³/mol. The highest BCUT2D eigenvalue weighted by atomic mass is 33.1. The molecule has 0 spiro atoms. The number of hydrogen-bond donors (Lipinski definition) is 0. The van der Waals surface area contributed by atoms with Gasteiger partial charge in [0.2, 0.25) is 0 Å². The first kappa shape index (κ1) is 21.4. The van der Waals surface area contributed by atoms with Crippen molar-refractivity contribution in [2.24, 2.45) is 40.9 Å². The predicted octanol–water partition coefficient (Wildman–Crippen LogP) is 8.46. The first-order chi connectivity index (χ1) is 12.3. The molecule has 3 saturated carbocycles. The van der Waals surface area contributed by atoms with Gasteiger partial charge in [-0.25, -0.2) is 0 Å². The molecule has 0 N–H and O–H groups in total. The second kappa shape index (κ2) is 8.60. The summed E-state index contributed by atoms with van der Waals surface area (Å²) in [6, 6.07) is 0. The van der Waals surface area contributed by atoms with Gasteiger partial charge in [0, 0.05) is 4.75 Å². The van der Waals surface area contributed by atoms with E-state index in [1.54, 1.807) is 19.3 Å². The Balaban J connectivity index is 1.22. The third kappa shape index (κ3) is 4.64. The van der Waals surface area contributed by atoms with E-state index in [2.05, 4.69) is 40.9 Å². The van der Waals surface area contributed by atoms with Gasteiger partial charge in [-0.3, -0.25) is 0 Å². The topological polar surface area (TPSA) is 0 Å². The van der Waals surface area contributed by atoms with E-state index in [1.165, 1.54) is 44.9 Å². The van der Waals surface area contributed by atoms with Crippen LogP contribution in [0.25, 0.3) is 0 Å². The molecule has 0 nitrogen and oxygen atoms in total. The van der Waals surface area contributed by atoms with Crippen molar-refractivity contribution in [2.45, 2.75) is 104 Å². The van der Waals surface area contributed by atoms with Gasteiger partial charge in [-0.1, -0.05) is 80.9 Å². The number of unbranched alkanes of at least 4 members (excludes halogenated alkanes) is 2. The van der Waals surface area contributed by atoms with Crippen molar-refractivity contribution >= 4 is 21.6 Å². The molecule has 5 atom stereocenters. The molecule has 26 heavy (non-hydrogen) atoms. The van der Waals surface area contributed by atoms with Gasteiger partial charge in [0.15, 0.2) is 0 Å². The van der Waals surface area contributed by atoms with E-state index in [0.29, 0.717) is 4.75 Å². The number of hydrogen-bond acceptors (Lipinski definition) is 2. The molecule has 0 bridgehead atoms. The Kier molecular flexibility index (Phi) is 7.08. The maximum Gasteiger partial charge on any atom is 0.0209 e. The molecule has 5 unspecified atom stereocenters. The summed E-state index contributed by atoms with van der Waals surface area (Å²) < 4.78 is 0.439. The smallest absolute Gasteiger partial charge is 0.0209 e. The zero-order chi connectivity index (χ0) is 18.9. The lowest BCUT2D eigenvalue weighted by atomic mass is 9.63. The van der Waals surface area contributed by atoms with Crippen LogP contribution < -0.4 is 0 Å². The fourth-order valence-corrected chi connectivity index (χ4v) is 9.50. The van der Waals surface area contributed by atoms with Crippen LogP contribution in [0.1, 0.15) is 98.8 Å². The number of rotatable bonds is 11. The van der Waals surface area contributed by atoms with E-state index in [4.69, 9.17) is 0 Å². The fraction of sp³-hybridized carbons (Fsp3) is 1.00. The van der Waals surface area contributed by atoms with Gasteiger partial charge in [0.1, 0.15) is 0 Å². The third-order valence-corrected chi connectivity index (χ3v) is 11.1. The van der Waals surface area contributed by atoms with E-state index in [0.717, 1.165) is 40.9 Å². The summed E-state index contributed by atoms with van der Waals surface area (Å²) >= 11 is 0. The zero-order valence-corrected chi connectivity index (χ0v) is 20.0. The quantitative estimate of drug-likeness (QED) is 0.254. The van der Waals surface area contributed by atoms with Crippen molar-refractivity contribution in [1.29, 1.82) is 0 Å². The molecular formula is C24H44S2. The summed E-state index contributed by atoms with van der Waals surface area (Å²) in [5.41, 5.74) is 0.783. The summed E-state index contributed by atoms with van der Waals surface area (Å²) in [5, 5.41) is 0. The van der Waals surface area contributed by atoms with Gasteiger partial charge in [0.05, 0.1) is 0 Å². The molecule has 0 saturated heterocycles. The van der Waals surface area contributed by atoms with Crippen LogP contribution in [-0.4, -0.2) is 11.0 Å². The largest absolute Gasteiger partial charge is 0.0971 e. The Morgan fingerprint density at radius 3 is 2.46 bits per heavy atom. The lowest BCUT2D eigenvalue weighted by Gasteiger charge is -2.42. The number of fused-ring (bicyclic) bond motifs is 1. The van der Waals surface area contributed by atoms with Crippen LogP contribution in [0.3, 0.4) is 0 Å². The fourth-order valence-electron chi connectivity index (χ4n) is 7.14. The van der Waals surface area contributed by atoms with Crippen molar-refractivity contribution in [2.75, 3.05) is 6.26 Å². The molecule has 0 heterocycles. The standard InChI is InChI=1S/C24H44S2/c1-17(16-23(3,4)26-25-6)10-8-7-9-11-19-14-20(15-19)24(5)21-13-12-18(2)22(21)24/h17-22H,7-16H2,1-6H3. The Hall–Kier alpha value is 0.700. The molecule has 0 aromatic heterocycles. The zero-order valence-electron chi connectivity index (χ0n) is 18.4. The Labute approximate surface area is 172 Å². The lowest BCUT2D eigenvalue weighted by Crippen LogP contribution is -2.33. The minimum absolute atomic E-state index is 0.439. The van der Waals surface area contributed by atoms with Crippen molar-refractivity contribution in [1.82, 2.24) is 0 Å². The second-order valence-corrected chi connectivity index (χ2v) is 14.1. The van der Waals surface area contributed by atoms with Crippen molar-refractivity contribution < 1.29 is 0 Å². The summed E-state index contributed by atoms with van der Waals surface area (Å²) in [5.74, 6) is 6.34. The molecule has 0 amide bonds. The van der Waals surface area contributed by atoms with E-state index in [9.17, 15) is 0 Å². The minimum Gasteiger partial charge on any atom is -0.0971 e. The summed E-state index contributed by atoms with van der Waals surface area (Å²) in [7, 11) is 3.97. The Morgan fingerprint density at radius 1 is 1.12 bits per heavy atom. The van der Waals surface area contributed by atoms with E-state index in [1.807, 2.05) is 21.6 Å². The molecule has 2 heteroatoms. The van der Waals surface area contributed by atoms with Crippen LogP contribution in [0, 0.1) is 40.9 Å². The first-order valence-electron chi connectivity index (χ1n) is 11.5. The van der Waals surface area contributed by atoms with E-state index >= 15 is 0 Å². The van der Waals surface area contributed by atoms with Gasteiger partial charge in [-0.15, -0.1) is 0 Å². The Morgan fingerprint density at radius 2 is 1.85 bits per heavy atom. The summed E-state index contributed by atoms with van der Waals surface area (Å²) in [4.78, 5) is 0. The molecule has 0 aromatic carbocycles. The summed E-state index contributed by atoms with van der Waals surface area (Å²) in [6.07, 6.45) is 17.2. The van der Waals surface area contributed by atoms with Crippen LogP contribution >= 0.6 is 21.6 Å². The SMILES string of the molecule is CSSC(C)(C)CC(C)CCCCCC1CC(C2(C)C3CCC(C)C32)C1. The van der Waals surface area contributed by atoms with E-state index in [-0.39, 0.29) is 0 Å². The van der Waals surface area contributed by atoms with Crippen LogP contribution in [0.15, 0.2) is 0 Å². The molecule has 3 aliphatic carbocycles. The van der Waals surface area contributed by atoms with Crippen LogP contribution in [-0.2, 0) is 0 Å². The van der Waals surface area contributed by atoms with E-state index < -0.39 is 0 Å². The van der Waals surface area contributed by atoms with Crippen LogP contribution in [0.4, 0.5) is 0 Å². The molecule has 3 fully saturated rings. The molecule has 3 aliphatic rings. The molecule has 0 aliphatic heterocycles. The average Bonchev–Trinajstić information content (AvgIpc) is 2.88. The Bertz CT molecular complexity index is 453. The lowest BCUT2D eigenvalue weighted by molar-refractivity contribution is 0.0792. The van der Waals surface area contributed by atoms with Crippen molar-refractivity contribution in [3.05, 3.63) is 0 Å². The van der Waals surface area contributed by atoms with Crippen LogP contribution in [0.2, 0.25) is 0 Å². The van der Waals surface area contributed by atoms with Gasteiger partial charge >= 0.3 is 0 Å². The molecule has 152 valence electrons. The minimum atomic E-state index is 0.439. The molecule has 0 radical (unpaired) electrons. The van der Waals surface area contributed by atoms with Crippen molar-refractivity contribution in [3.63, 3.8) is 0 Å². The second-order valence-electron chi connectivity index (χ2n) is 11.0. The highest BCUT2D eigenvalue weighted by Crippen LogP contribution is 2.75. The molecular weight excluding hydrogens is 352 g/mol. The van der Waals surface area contributed by atoms with Gasteiger partial charge in [-0.05, 0) is 86.7 Å². The maximum atomic E-state index is 2.65. The molecule has 0 aromatic rings. The first-order valence-corrected chi connectivity index (χ1v) is 14.1. The molecule has 3 rings (SSSR count). The third-order valence-electron chi connectivity index (χ3n) is 8.46. The normalized spacial score (nSPS) is 40.2. The van der Waals surface area contributed by atoms with Gasteiger partial charge in [0.25, 0.3) is 0 Å². The average molecular weight is 397 g/mol. The van der Waals surface area contributed by atoms with Crippen molar-refractivity contribution in [3.8, 4) is 0 Å². The highest BCUT2D eigenvalue weighted by Gasteiger charge is 2.69. The monoisotopic (exact) mass is 396 g/mol. The van der Waals surface area contributed by atoms with Gasteiger partial charge < -0.3 is 0 Å². The highest BCUT2D eigenvalue weighted by molar-refractivity contribution is 8.76.